The van der Waals surface area contributed by atoms with Crippen LogP contribution in [0.15, 0.2) is 29.2 Å². The molecule has 0 aliphatic heterocycles. The Morgan fingerprint density at radius 3 is 2.43 bits per heavy atom. The summed E-state index contributed by atoms with van der Waals surface area (Å²) in [7, 11) is -3.58. The quantitative estimate of drug-likeness (QED) is 0.567. The van der Waals surface area contributed by atoms with Crippen LogP contribution in [0.5, 0.6) is 6.01 Å². The molecule has 1 aromatic carbocycles. The minimum atomic E-state index is -4.63. The van der Waals surface area contributed by atoms with E-state index in [9.17, 15) is 26.8 Å². The number of methoxy groups -OCH3 is 1. The maximum absolute atomic E-state index is 13.2. The molecule has 2 amide bonds. The van der Waals surface area contributed by atoms with E-state index in [1.54, 1.807) is 5.32 Å². The summed E-state index contributed by atoms with van der Waals surface area (Å²) in [5.41, 5.74) is -0.589. The monoisotopic (exact) mass is 437 g/mol. The summed E-state index contributed by atoms with van der Waals surface area (Å²) in [6, 6.07) is 2.41. The van der Waals surface area contributed by atoms with Gasteiger partial charge in [0.15, 0.2) is 0 Å². The number of rotatable bonds is 6. The number of aromatic carboxylic acids is 1. The number of carboxylic acid groups (broad SMARTS) is 1. The Labute approximate surface area is 160 Å². The van der Waals surface area contributed by atoms with E-state index in [0.717, 1.165) is 19.2 Å². The Bertz CT molecular complexity index is 1030. The summed E-state index contributed by atoms with van der Waals surface area (Å²) >= 11 is 4.81. The molecule has 1 aromatic heterocycles. The number of aromatic nitrogens is 3. The number of carbonyl (C=O) groups is 2. The number of hydrogen-bond acceptors (Lipinski definition) is 8. The zero-order chi connectivity index (χ0) is 21.1. The van der Waals surface area contributed by atoms with Crippen LogP contribution in [-0.2, 0) is 15.4 Å². The molecule has 0 aliphatic rings. The first-order valence-corrected chi connectivity index (χ1v) is 8.83. The van der Waals surface area contributed by atoms with E-state index >= 15 is 0 Å². The lowest BCUT2D eigenvalue weighted by Crippen LogP contribution is -2.35. The van der Waals surface area contributed by atoms with E-state index in [1.165, 1.54) is 16.9 Å². The first-order chi connectivity index (χ1) is 12.9. The standard InChI is InChI=1S/C13H10ClF2N5O6S/c1-27-12-18-9(13(14,15)16)17-10(20-12)19-11(24)21-28(25,26)7-5-3-2-4-6(7)8(22)23/h2-5H,1H3,(H,22,23)(H2,17,18,19,20,21,24). The molecule has 2 rings (SSSR count). The Kier molecular flexibility index (Phi) is 5.94. The number of amides is 2. The van der Waals surface area contributed by atoms with Crippen molar-refractivity contribution in [2.24, 2.45) is 0 Å². The molecule has 0 unspecified atom stereocenters. The normalized spacial score (nSPS) is 11.6. The molecule has 0 saturated heterocycles. The van der Waals surface area contributed by atoms with E-state index in [1.807, 2.05) is 0 Å². The van der Waals surface area contributed by atoms with Gasteiger partial charge < -0.3 is 9.84 Å². The number of alkyl halides is 3. The van der Waals surface area contributed by atoms with Crippen LogP contribution in [0, 0.1) is 0 Å². The van der Waals surface area contributed by atoms with E-state index in [4.69, 9.17) is 16.7 Å². The van der Waals surface area contributed by atoms with Gasteiger partial charge in [0.25, 0.3) is 10.0 Å². The fourth-order valence-corrected chi connectivity index (χ4v) is 3.00. The van der Waals surface area contributed by atoms with Crippen LogP contribution in [-0.4, -0.2) is 47.6 Å². The van der Waals surface area contributed by atoms with Gasteiger partial charge in [-0.2, -0.15) is 23.7 Å². The van der Waals surface area contributed by atoms with Crippen molar-refractivity contribution in [1.82, 2.24) is 19.7 Å². The van der Waals surface area contributed by atoms with Gasteiger partial charge in [0.2, 0.25) is 11.8 Å². The number of ether oxygens (including phenoxy) is 1. The third-order valence-electron chi connectivity index (χ3n) is 2.91. The molecule has 28 heavy (non-hydrogen) atoms. The average molecular weight is 438 g/mol. The number of hydrogen-bond donors (Lipinski definition) is 3. The number of halogens is 3. The first kappa shape index (κ1) is 21.2. The summed E-state index contributed by atoms with van der Waals surface area (Å²) in [5.74, 6) is -3.59. The van der Waals surface area contributed by atoms with Crippen molar-refractivity contribution in [1.29, 1.82) is 0 Å². The van der Waals surface area contributed by atoms with Gasteiger partial charge in [-0.1, -0.05) is 12.1 Å². The molecule has 2 aromatic rings. The Hall–Kier alpha value is -3.13. The van der Waals surface area contributed by atoms with Gasteiger partial charge in [0.05, 0.1) is 12.7 Å². The minimum Gasteiger partial charge on any atom is -0.478 e. The van der Waals surface area contributed by atoms with Gasteiger partial charge in [-0.15, -0.1) is 0 Å². The van der Waals surface area contributed by atoms with Crippen molar-refractivity contribution in [3.63, 3.8) is 0 Å². The van der Waals surface area contributed by atoms with Gasteiger partial charge in [-0.05, 0) is 23.7 Å². The van der Waals surface area contributed by atoms with Crippen molar-refractivity contribution in [3.05, 3.63) is 35.7 Å². The summed E-state index contributed by atoms with van der Waals surface area (Å²) in [5, 5.41) is 6.82. The number of nitrogens with one attached hydrogen (secondary N) is 2. The summed E-state index contributed by atoms with van der Waals surface area (Å²) in [6.07, 6.45) is 0. The van der Waals surface area contributed by atoms with Crippen molar-refractivity contribution < 1.29 is 36.6 Å². The highest BCUT2D eigenvalue weighted by Crippen LogP contribution is 2.30. The van der Waals surface area contributed by atoms with Crippen molar-refractivity contribution in [2.45, 2.75) is 10.3 Å². The fourth-order valence-electron chi connectivity index (χ4n) is 1.81. The molecule has 15 heteroatoms. The Morgan fingerprint density at radius 2 is 1.86 bits per heavy atom. The van der Waals surface area contributed by atoms with E-state index in [2.05, 4.69) is 19.7 Å². The molecule has 1 heterocycles. The predicted molar refractivity (Wildman–Crippen MR) is 88.9 cm³/mol. The van der Waals surface area contributed by atoms with Gasteiger partial charge in [0, 0.05) is 0 Å². The first-order valence-electron chi connectivity index (χ1n) is 6.97. The second kappa shape index (κ2) is 7.85. The maximum atomic E-state index is 13.2. The molecule has 150 valence electrons. The lowest BCUT2D eigenvalue weighted by atomic mass is 10.2. The van der Waals surface area contributed by atoms with E-state index < -0.39 is 55.6 Å². The number of sulfonamides is 1. The van der Waals surface area contributed by atoms with Crippen LogP contribution in [0.25, 0.3) is 0 Å². The number of benzene rings is 1. The number of carboxylic acids is 1. The second-order valence-electron chi connectivity index (χ2n) is 4.83. The highest BCUT2D eigenvalue weighted by molar-refractivity contribution is 7.90. The zero-order valence-corrected chi connectivity index (χ0v) is 15.3. The molecule has 0 radical (unpaired) electrons. The highest BCUT2D eigenvalue weighted by Gasteiger charge is 2.34. The smallest absolute Gasteiger partial charge is 0.382 e. The van der Waals surface area contributed by atoms with Gasteiger partial charge >= 0.3 is 23.4 Å². The molecule has 11 nitrogen and oxygen atoms in total. The van der Waals surface area contributed by atoms with E-state index in [-0.39, 0.29) is 0 Å². The zero-order valence-electron chi connectivity index (χ0n) is 13.7. The minimum absolute atomic E-state index is 0.589. The van der Waals surface area contributed by atoms with Crippen molar-refractivity contribution in [3.8, 4) is 6.01 Å². The largest absolute Gasteiger partial charge is 0.478 e. The van der Waals surface area contributed by atoms with E-state index in [0.29, 0.717) is 0 Å². The number of carbonyl (C=O) groups excluding carboxylic acids is 1. The SMILES string of the molecule is COc1nc(NC(=O)NS(=O)(=O)c2ccccc2C(=O)O)nc(C(F)(F)Cl)n1. The second-order valence-corrected chi connectivity index (χ2v) is 6.95. The Balaban J connectivity index is 2.28. The molecule has 0 aliphatic carbocycles. The molecule has 0 saturated carbocycles. The number of nitrogens with zero attached hydrogens (tertiary/aromatic N) is 3. The molecule has 3 N–H and O–H groups in total. The highest BCUT2D eigenvalue weighted by atomic mass is 35.5. The number of urea groups is 1. The summed E-state index contributed by atoms with van der Waals surface area (Å²) in [6.45, 7) is 0. The van der Waals surface area contributed by atoms with Gasteiger partial charge in [-0.25, -0.2) is 22.7 Å². The molecular weight excluding hydrogens is 428 g/mol. The third kappa shape index (κ3) is 4.98. The molecule has 0 fully saturated rings. The van der Waals surface area contributed by atoms with Crippen LogP contribution in [0.3, 0.4) is 0 Å². The van der Waals surface area contributed by atoms with Crippen molar-refractivity contribution in [2.75, 3.05) is 12.4 Å². The lowest BCUT2D eigenvalue weighted by Gasteiger charge is -2.11. The summed E-state index contributed by atoms with van der Waals surface area (Å²) < 4.78 is 56.9. The van der Waals surface area contributed by atoms with Gasteiger partial charge in [-0.3, -0.25) is 5.32 Å². The maximum Gasteiger partial charge on any atom is 0.382 e. The summed E-state index contributed by atoms with van der Waals surface area (Å²) in [4.78, 5) is 32.2. The van der Waals surface area contributed by atoms with Crippen LogP contribution in [0.2, 0.25) is 0 Å². The molecular formula is C13H10ClF2N5O6S. The average Bonchev–Trinajstić information content (AvgIpc) is 2.60. The van der Waals surface area contributed by atoms with Crippen LogP contribution in [0.4, 0.5) is 19.5 Å². The molecule has 0 spiro atoms. The molecule has 0 bridgehead atoms. The lowest BCUT2D eigenvalue weighted by molar-refractivity contribution is 0.0692. The van der Waals surface area contributed by atoms with Crippen LogP contribution in [0.1, 0.15) is 16.2 Å². The van der Waals surface area contributed by atoms with Crippen LogP contribution >= 0.6 is 11.6 Å². The van der Waals surface area contributed by atoms with Crippen LogP contribution < -0.4 is 14.8 Å². The topological polar surface area (TPSA) is 160 Å². The van der Waals surface area contributed by atoms with Gasteiger partial charge in [0.1, 0.15) is 4.90 Å². The Morgan fingerprint density at radius 1 is 1.21 bits per heavy atom. The fraction of sp³-hybridized carbons (Fsp3) is 0.154. The third-order valence-corrected chi connectivity index (χ3v) is 4.47. The van der Waals surface area contributed by atoms with Crippen molar-refractivity contribution >= 4 is 39.6 Å². The predicted octanol–water partition coefficient (Wildman–Crippen LogP) is 1.38. The molecule has 0 atom stereocenters. The number of anilines is 1.